The number of hydrogen-bond acceptors (Lipinski definition) is 1. The van der Waals surface area contributed by atoms with E-state index in [2.05, 4.69) is 6.58 Å². The molecule has 0 aliphatic rings. The van der Waals surface area contributed by atoms with Crippen molar-refractivity contribution in [2.24, 2.45) is 0 Å². The van der Waals surface area contributed by atoms with E-state index in [4.69, 9.17) is 5.11 Å². The summed E-state index contributed by atoms with van der Waals surface area (Å²) >= 11 is 0. The van der Waals surface area contributed by atoms with Crippen molar-refractivity contribution in [2.75, 3.05) is 0 Å². The third kappa shape index (κ3) is 1.69. The molecule has 0 radical (unpaired) electrons. The zero-order valence-electron chi connectivity index (χ0n) is 8.48. The van der Waals surface area contributed by atoms with E-state index in [1.807, 2.05) is 0 Å². The molecule has 0 amide bonds. The van der Waals surface area contributed by atoms with Crippen molar-refractivity contribution in [2.45, 2.75) is 6.54 Å². The molecule has 0 aliphatic heterocycles. The number of nitrogens with zero attached hydrogens (tertiary/aromatic N) is 1. The van der Waals surface area contributed by atoms with Gasteiger partial charge in [0.15, 0.2) is 0 Å². The molecule has 1 aromatic carbocycles. The molecule has 0 atom stereocenters. The van der Waals surface area contributed by atoms with Gasteiger partial charge in [0.2, 0.25) is 0 Å². The molecule has 0 unspecified atom stereocenters. The average molecular weight is 219 g/mol. The molecular formula is C12H10FNO2. The normalized spacial score (nSPS) is 10.6. The number of rotatable bonds is 3. The van der Waals surface area contributed by atoms with Crippen LogP contribution in [0, 0.1) is 5.82 Å². The first kappa shape index (κ1) is 10.4. The monoisotopic (exact) mass is 219 g/mol. The summed E-state index contributed by atoms with van der Waals surface area (Å²) in [6.45, 7) is 3.60. The van der Waals surface area contributed by atoms with E-state index in [9.17, 15) is 9.18 Å². The van der Waals surface area contributed by atoms with Crippen LogP contribution in [0.5, 0.6) is 0 Å². The molecule has 0 saturated carbocycles. The fourth-order valence-electron chi connectivity index (χ4n) is 1.60. The Morgan fingerprint density at radius 1 is 1.44 bits per heavy atom. The number of halogens is 1. The first-order valence-corrected chi connectivity index (χ1v) is 4.74. The van der Waals surface area contributed by atoms with Gasteiger partial charge in [-0.15, -0.1) is 0 Å². The SMILES string of the molecule is C=C(Cn1ccc2c(F)cccc21)C(=O)O. The first-order valence-electron chi connectivity index (χ1n) is 4.74. The molecule has 82 valence electrons. The molecule has 0 fully saturated rings. The van der Waals surface area contributed by atoms with Gasteiger partial charge in [-0.05, 0) is 18.2 Å². The summed E-state index contributed by atoms with van der Waals surface area (Å²) in [5.74, 6) is -1.35. The Bertz CT molecular complexity index is 571. The number of carboxylic acid groups (broad SMARTS) is 1. The van der Waals surface area contributed by atoms with Gasteiger partial charge >= 0.3 is 5.97 Å². The Balaban J connectivity index is 2.43. The van der Waals surface area contributed by atoms with Gasteiger partial charge in [0, 0.05) is 17.2 Å². The number of fused-ring (bicyclic) bond motifs is 1. The van der Waals surface area contributed by atoms with Gasteiger partial charge in [-0.1, -0.05) is 12.6 Å². The van der Waals surface area contributed by atoms with Crippen LogP contribution in [0.25, 0.3) is 10.9 Å². The molecule has 1 heterocycles. The Labute approximate surface area is 91.4 Å². The Morgan fingerprint density at radius 2 is 2.19 bits per heavy atom. The molecule has 1 aromatic heterocycles. The largest absolute Gasteiger partial charge is 0.478 e. The molecular weight excluding hydrogens is 209 g/mol. The van der Waals surface area contributed by atoms with Crippen LogP contribution in [0.2, 0.25) is 0 Å². The lowest BCUT2D eigenvalue weighted by atomic mass is 10.2. The van der Waals surface area contributed by atoms with E-state index in [1.165, 1.54) is 6.07 Å². The molecule has 4 heteroatoms. The maximum absolute atomic E-state index is 13.3. The molecule has 0 spiro atoms. The molecule has 3 nitrogen and oxygen atoms in total. The van der Waals surface area contributed by atoms with Crippen molar-refractivity contribution in [1.82, 2.24) is 4.57 Å². The number of hydrogen-bond donors (Lipinski definition) is 1. The average Bonchev–Trinajstić information content (AvgIpc) is 2.63. The summed E-state index contributed by atoms with van der Waals surface area (Å²) in [4.78, 5) is 10.6. The van der Waals surface area contributed by atoms with Crippen molar-refractivity contribution in [3.63, 3.8) is 0 Å². The lowest BCUT2D eigenvalue weighted by Crippen LogP contribution is -2.07. The lowest BCUT2D eigenvalue weighted by molar-refractivity contribution is -0.132. The van der Waals surface area contributed by atoms with Crippen molar-refractivity contribution in [1.29, 1.82) is 0 Å². The van der Waals surface area contributed by atoms with Crippen molar-refractivity contribution >= 4 is 16.9 Å². The summed E-state index contributed by atoms with van der Waals surface area (Å²) < 4.78 is 15.0. The topological polar surface area (TPSA) is 42.2 Å². The van der Waals surface area contributed by atoms with Gasteiger partial charge in [0.25, 0.3) is 0 Å². The van der Waals surface area contributed by atoms with Crippen LogP contribution in [-0.4, -0.2) is 15.6 Å². The summed E-state index contributed by atoms with van der Waals surface area (Å²) in [5, 5.41) is 9.21. The second kappa shape index (κ2) is 3.81. The van der Waals surface area contributed by atoms with Crippen molar-refractivity contribution in [3.8, 4) is 0 Å². The maximum atomic E-state index is 13.3. The highest BCUT2D eigenvalue weighted by atomic mass is 19.1. The van der Waals surface area contributed by atoms with E-state index in [1.54, 1.807) is 29.0 Å². The Hall–Kier alpha value is -2.10. The fourth-order valence-corrected chi connectivity index (χ4v) is 1.60. The number of benzene rings is 1. The van der Waals surface area contributed by atoms with E-state index < -0.39 is 5.97 Å². The molecule has 2 rings (SSSR count). The van der Waals surface area contributed by atoms with E-state index in [0.29, 0.717) is 10.9 Å². The van der Waals surface area contributed by atoms with Gasteiger partial charge in [-0.2, -0.15) is 0 Å². The minimum Gasteiger partial charge on any atom is -0.478 e. The second-order valence-corrected chi connectivity index (χ2v) is 3.52. The van der Waals surface area contributed by atoms with E-state index in [0.717, 1.165) is 0 Å². The zero-order valence-corrected chi connectivity index (χ0v) is 8.48. The molecule has 1 N–H and O–H groups in total. The highest BCUT2D eigenvalue weighted by Gasteiger charge is 2.08. The molecule has 16 heavy (non-hydrogen) atoms. The smallest absolute Gasteiger partial charge is 0.332 e. The molecule has 2 aromatic rings. The minimum absolute atomic E-state index is 0.0711. The molecule has 0 aliphatic carbocycles. The van der Waals surface area contributed by atoms with Crippen LogP contribution in [-0.2, 0) is 11.3 Å². The minimum atomic E-state index is -1.04. The predicted octanol–water partition coefficient (Wildman–Crippen LogP) is 2.42. The highest BCUT2D eigenvalue weighted by molar-refractivity contribution is 5.86. The van der Waals surface area contributed by atoms with Crippen LogP contribution >= 0.6 is 0 Å². The van der Waals surface area contributed by atoms with Crippen LogP contribution in [0.3, 0.4) is 0 Å². The van der Waals surface area contributed by atoms with Crippen LogP contribution in [0.15, 0.2) is 42.6 Å². The summed E-state index contributed by atoms with van der Waals surface area (Å²) in [6, 6.07) is 6.34. The number of aromatic nitrogens is 1. The third-order valence-corrected chi connectivity index (χ3v) is 2.42. The van der Waals surface area contributed by atoms with E-state index >= 15 is 0 Å². The van der Waals surface area contributed by atoms with E-state index in [-0.39, 0.29) is 17.9 Å². The first-order chi connectivity index (χ1) is 7.59. The van der Waals surface area contributed by atoms with Crippen LogP contribution in [0.4, 0.5) is 4.39 Å². The Kier molecular flexibility index (Phi) is 2.48. The van der Waals surface area contributed by atoms with Crippen molar-refractivity contribution < 1.29 is 14.3 Å². The maximum Gasteiger partial charge on any atom is 0.332 e. The van der Waals surface area contributed by atoms with Gasteiger partial charge in [0.05, 0.1) is 12.1 Å². The zero-order chi connectivity index (χ0) is 11.7. The lowest BCUT2D eigenvalue weighted by Gasteiger charge is -2.04. The number of carboxylic acids is 1. The molecule has 0 bridgehead atoms. The van der Waals surface area contributed by atoms with Gasteiger partial charge in [-0.3, -0.25) is 0 Å². The van der Waals surface area contributed by atoms with Gasteiger partial charge in [-0.25, -0.2) is 9.18 Å². The second-order valence-electron chi connectivity index (χ2n) is 3.52. The summed E-state index contributed by atoms with van der Waals surface area (Å²) in [6.07, 6.45) is 1.65. The Morgan fingerprint density at radius 3 is 2.88 bits per heavy atom. The quantitative estimate of drug-likeness (QED) is 0.805. The third-order valence-electron chi connectivity index (χ3n) is 2.42. The predicted molar refractivity (Wildman–Crippen MR) is 58.7 cm³/mol. The number of aliphatic carboxylic acids is 1. The van der Waals surface area contributed by atoms with Gasteiger partial charge < -0.3 is 9.67 Å². The summed E-state index contributed by atoms with van der Waals surface area (Å²) in [5.41, 5.74) is 0.740. The van der Waals surface area contributed by atoms with Crippen LogP contribution in [0.1, 0.15) is 0 Å². The van der Waals surface area contributed by atoms with Gasteiger partial charge in [0.1, 0.15) is 5.82 Å². The van der Waals surface area contributed by atoms with Crippen LogP contribution < -0.4 is 0 Å². The highest BCUT2D eigenvalue weighted by Crippen LogP contribution is 2.19. The standard InChI is InChI=1S/C12H10FNO2/c1-8(12(15)16)7-14-6-5-9-10(13)3-2-4-11(9)14/h2-6H,1,7H2,(H,15,16). The number of carbonyl (C=O) groups is 1. The molecule has 0 saturated heterocycles. The fraction of sp³-hybridized carbons (Fsp3) is 0.0833. The summed E-state index contributed by atoms with van der Waals surface area (Å²) in [7, 11) is 0. The van der Waals surface area contributed by atoms with Crippen molar-refractivity contribution in [3.05, 3.63) is 48.4 Å².